The predicted octanol–water partition coefficient (Wildman–Crippen LogP) is 1.39. The minimum absolute atomic E-state index is 0.0553. The second kappa shape index (κ2) is 7.40. The molecule has 3 aliphatic rings. The molecule has 33 heavy (non-hydrogen) atoms. The highest BCUT2D eigenvalue weighted by molar-refractivity contribution is 5.94. The fraction of sp³-hybridized carbons (Fsp3) is 0.478. The maximum absolute atomic E-state index is 12.8. The molecular weight excluding hydrogens is 418 g/mol. The van der Waals surface area contributed by atoms with Gasteiger partial charge in [-0.25, -0.2) is 15.0 Å². The van der Waals surface area contributed by atoms with Crippen LogP contribution in [-0.4, -0.2) is 48.3 Å². The van der Waals surface area contributed by atoms with Crippen LogP contribution in [-0.2, 0) is 20.0 Å². The number of aryl methyl sites for hydroxylation is 2. The first-order valence-electron chi connectivity index (χ1n) is 11.3. The molecule has 10 heteroatoms. The first-order valence-corrected chi connectivity index (χ1v) is 11.3. The van der Waals surface area contributed by atoms with E-state index in [9.17, 15) is 4.79 Å². The molecule has 0 bridgehead atoms. The van der Waals surface area contributed by atoms with Gasteiger partial charge >= 0.3 is 0 Å². The summed E-state index contributed by atoms with van der Waals surface area (Å²) in [6.45, 7) is 4.19. The molecule has 3 aromatic rings. The summed E-state index contributed by atoms with van der Waals surface area (Å²) in [6, 6.07) is 2.33. The molecule has 168 valence electrons. The van der Waals surface area contributed by atoms with Gasteiger partial charge in [0, 0.05) is 49.5 Å². The zero-order chi connectivity index (χ0) is 22.7. The van der Waals surface area contributed by atoms with Crippen molar-refractivity contribution in [3.05, 3.63) is 53.1 Å². The van der Waals surface area contributed by atoms with Crippen LogP contribution < -0.4 is 10.2 Å². The van der Waals surface area contributed by atoms with Gasteiger partial charge in [0.2, 0.25) is 5.95 Å². The van der Waals surface area contributed by atoms with Crippen molar-refractivity contribution in [1.82, 2.24) is 34.6 Å². The lowest BCUT2D eigenvalue weighted by Gasteiger charge is -2.19. The van der Waals surface area contributed by atoms with Crippen molar-refractivity contribution in [2.45, 2.75) is 32.4 Å². The monoisotopic (exact) mass is 443 g/mol. The minimum Gasteiger partial charge on any atom is -0.343 e. The largest absolute Gasteiger partial charge is 0.343 e. The van der Waals surface area contributed by atoms with E-state index >= 15 is 0 Å². The summed E-state index contributed by atoms with van der Waals surface area (Å²) in [5.74, 6) is 1.75. The van der Waals surface area contributed by atoms with Crippen LogP contribution in [0.1, 0.15) is 45.5 Å². The smallest absolute Gasteiger partial charge is 0.255 e. The molecule has 0 radical (unpaired) electrons. The lowest BCUT2D eigenvalue weighted by Crippen LogP contribution is -2.27. The number of hydrogen-bond acceptors (Lipinski definition) is 7. The lowest BCUT2D eigenvalue weighted by atomic mass is 10.2. The van der Waals surface area contributed by atoms with Crippen LogP contribution >= 0.6 is 0 Å². The first-order chi connectivity index (χ1) is 16.0. The highest BCUT2D eigenvalue weighted by Gasteiger charge is 2.56. The van der Waals surface area contributed by atoms with Gasteiger partial charge in [-0.1, -0.05) is 0 Å². The van der Waals surface area contributed by atoms with Gasteiger partial charge in [-0.3, -0.25) is 9.48 Å². The number of anilines is 1. The van der Waals surface area contributed by atoms with E-state index in [0.717, 1.165) is 48.8 Å². The molecule has 1 unspecified atom stereocenters. The third-order valence-corrected chi connectivity index (χ3v) is 7.32. The predicted molar refractivity (Wildman–Crippen MR) is 118 cm³/mol. The number of hydrogen-bond donors (Lipinski definition) is 1. The topological polar surface area (TPSA) is 118 Å². The number of rotatable bonds is 5. The van der Waals surface area contributed by atoms with E-state index in [0.29, 0.717) is 23.9 Å². The Labute approximate surface area is 191 Å². The van der Waals surface area contributed by atoms with E-state index in [1.807, 2.05) is 24.7 Å². The Morgan fingerprint density at radius 2 is 2.09 bits per heavy atom. The second-order valence-electron chi connectivity index (χ2n) is 9.35. The van der Waals surface area contributed by atoms with Gasteiger partial charge in [0.25, 0.3) is 5.91 Å². The Morgan fingerprint density at radius 1 is 1.27 bits per heavy atom. The number of carbonyl (C=O) groups excluding carboxylic acids is 1. The highest BCUT2D eigenvalue weighted by atomic mass is 16.1. The maximum atomic E-state index is 12.8. The molecule has 0 aromatic carbocycles. The summed E-state index contributed by atoms with van der Waals surface area (Å²) >= 11 is 0. The lowest BCUT2D eigenvalue weighted by molar-refractivity contribution is 0.0936. The van der Waals surface area contributed by atoms with Crippen molar-refractivity contribution in [3.63, 3.8) is 0 Å². The molecule has 1 aliphatic heterocycles. The van der Waals surface area contributed by atoms with Gasteiger partial charge in [0.1, 0.15) is 0 Å². The van der Waals surface area contributed by atoms with E-state index in [2.05, 4.69) is 31.4 Å². The highest BCUT2D eigenvalue weighted by Crippen LogP contribution is 2.51. The van der Waals surface area contributed by atoms with Crippen molar-refractivity contribution >= 4 is 11.9 Å². The van der Waals surface area contributed by atoms with Crippen LogP contribution in [0.5, 0.6) is 0 Å². The van der Waals surface area contributed by atoms with Crippen LogP contribution in [0.4, 0.5) is 5.95 Å². The molecule has 1 N–H and O–H groups in total. The number of nitrogens with zero attached hydrogens (tertiary/aromatic N) is 8. The molecule has 1 amide bonds. The van der Waals surface area contributed by atoms with Crippen LogP contribution in [0.3, 0.4) is 0 Å². The van der Waals surface area contributed by atoms with Gasteiger partial charge in [0.05, 0.1) is 48.4 Å². The Hall–Kier alpha value is -3.74. The Morgan fingerprint density at radius 3 is 2.85 bits per heavy atom. The summed E-state index contributed by atoms with van der Waals surface area (Å²) in [7, 11) is 1.98. The normalized spacial score (nSPS) is 24.9. The summed E-state index contributed by atoms with van der Waals surface area (Å²) < 4.78 is 3.76. The van der Waals surface area contributed by atoms with Crippen molar-refractivity contribution < 1.29 is 4.79 Å². The quantitative estimate of drug-likeness (QED) is 0.633. The third-order valence-electron chi connectivity index (χ3n) is 7.32. The minimum atomic E-state index is -0.142. The van der Waals surface area contributed by atoms with E-state index in [1.54, 1.807) is 23.4 Å². The number of piperidine rings is 1. The summed E-state index contributed by atoms with van der Waals surface area (Å²) in [5.41, 5.74) is 4.53. The molecule has 4 atom stereocenters. The zero-order valence-corrected chi connectivity index (χ0v) is 18.6. The molecule has 1 saturated heterocycles. The maximum Gasteiger partial charge on any atom is 0.255 e. The molecule has 0 spiro atoms. The van der Waals surface area contributed by atoms with Gasteiger partial charge in [0.15, 0.2) is 0 Å². The standard InChI is InChI=1S/C23H25N9O/c1-13-14(6-25-23(28-13)31-10-17-16(5-24)18(17)11-31)8-32-9-15(7-27-32)22(33)29-19-3-4-20-21(19)26-12-30(20)2/h6-7,9,12,16-19H,3-4,8,10-11H2,1-2H3,(H,29,33)/t16?,17-,18+,19-/m1/s1. The molecule has 3 aromatic heterocycles. The number of imidazole rings is 1. The van der Waals surface area contributed by atoms with Crippen molar-refractivity contribution in [3.8, 4) is 6.07 Å². The number of carbonyl (C=O) groups is 1. The number of nitrogens with one attached hydrogen (secondary N) is 1. The Kier molecular flexibility index (Phi) is 4.47. The van der Waals surface area contributed by atoms with Gasteiger partial charge < -0.3 is 14.8 Å². The number of nitriles is 1. The number of amides is 1. The third kappa shape index (κ3) is 3.35. The summed E-state index contributed by atoms with van der Waals surface area (Å²) in [6.07, 6.45) is 8.77. The van der Waals surface area contributed by atoms with Gasteiger partial charge in [-0.05, 0) is 31.6 Å². The van der Waals surface area contributed by atoms with E-state index in [-0.39, 0.29) is 17.9 Å². The van der Waals surface area contributed by atoms with Crippen LogP contribution in [0, 0.1) is 36.0 Å². The van der Waals surface area contributed by atoms with Crippen LogP contribution in [0.25, 0.3) is 0 Å². The van der Waals surface area contributed by atoms with Gasteiger partial charge in [-0.2, -0.15) is 10.4 Å². The second-order valence-corrected chi connectivity index (χ2v) is 9.35. The van der Waals surface area contributed by atoms with E-state index in [1.165, 1.54) is 5.69 Å². The number of fused-ring (bicyclic) bond motifs is 2. The molecule has 4 heterocycles. The van der Waals surface area contributed by atoms with Crippen LogP contribution in [0.15, 0.2) is 24.9 Å². The van der Waals surface area contributed by atoms with E-state index in [4.69, 9.17) is 10.2 Å². The van der Waals surface area contributed by atoms with Crippen LogP contribution in [0.2, 0.25) is 0 Å². The average Bonchev–Trinajstić information content (AvgIpc) is 3.36. The van der Waals surface area contributed by atoms with Crippen molar-refractivity contribution in [1.29, 1.82) is 5.26 Å². The molecule has 2 fully saturated rings. The number of aromatic nitrogens is 6. The molecular formula is C23H25N9O. The van der Waals surface area contributed by atoms with Crippen molar-refractivity contribution in [2.24, 2.45) is 24.8 Å². The Bertz CT molecular complexity index is 1270. The summed E-state index contributed by atoms with van der Waals surface area (Å²) in [4.78, 5) is 28.6. The molecule has 10 nitrogen and oxygen atoms in total. The fourth-order valence-corrected chi connectivity index (χ4v) is 5.28. The Balaban J connectivity index is 1.10. The molecule has 2 aliphatic carbocycles. The van der Waals surface area contributed by atoms with Crippen molar-refractivity contribution in [2.75, 3.05) is 18.0 Å². The van der Waals surface area contributed by atoms with Gasteiger partial charge in [-0.15, -0.1) is 0 Å². The average molecular weight is 444 g/mol. The SMILES string of the molecule is Cc1nc(N2C[C@@H]3C(C#N)[C@@H]3C2)ncc1Cn1cc(C(=O)N[C@@H]2CCc3c2ncn3C)cn1. The van der Waals surface area contributed by atoms with E-state index < -0.39 is 0 Å². The zero-order valence-electron chi connectivity index (χ0n) is 18.6. The first kappa shape index (κ1) is 19.9. The molecule has 1 saturated carbocycles. The molecule has 6 rings (SSSR count). The summed E-state index contributed by atoms with van der Waals surface area (Å²) in [5, 5.41) is 16.6. The fourth-order valence-electron chi connectivity index (χ4n) is 5.28.